The number of rotatable bonds is 8. The molecule has 15 heteroatoms. The molecule has 1 unspecified atom stereocenters. The molecule has 8 heterocycles. The van der Waals surface area contributed by atoms with Gasteiger partial charge in [0.15, 0.2) is 0 Å². The molecule has 2 aromatic heterocycles. The summed E-state index contributed by atoms with van der Waals surface area (Å²) in [5.41, 5.74) is 8.03. The van der Waals surface area contributed by atoms with Crippen LogP contribution in [0.25, 0.3) is 0 Å². The number of carbonyl (C=O) groups excluding carboxylic acids is 3. The number of halogens is 1. The fourth-order valence-electron chi connectivity index (χ4n) is 9.52. The van der Waals surface area contributed by atoms with E-state index < -0.39 is 5.82 Å². The molecule has 14 nitrogen and oxygen atoms in total. The summed E-state index contributed by atoms with van der Waals surface area (Å²) in [6.07, 6.45) is 6.39. The number of carbonyl (C=O) groups is 3. The fourth-order valence-corrected chi connectivity index (χ4v) is 9.52. The van der Waals surface area contributed by atoms with Crippen LogP contribution in [0.1, 0.15) is 53.1 Å². The standard InChI is InChI=1S/C42H45FN10O4/c1-24-36(18-45-41-39(24)44-11-13-57-41)50-12-10-27-17-46-42(48-35(27)23-50)47-28-5-2-26(34(43)15-28)14-38(55)53-22-30-16-31(53)21-52(30)32-19-51(20-32)29-6-3-25(4-7-29)33-8-9-37(54)49-40(33)56/h2-7,15,17-18,30-33,44H,8-14,16,19-23H2,1H3,(H,46,47,48)(H,49,54,56)/t30-,31-,33?/m1/s1. The second kappa shape index (κ2) is 14.3. The average Bonchev–Trinajstić information content (AvgIpc) is 3.81. The molecule has 4 fully saturated rings. The molecule has 294 valence electrons. The molecule has 6 aliphatic rings. The molecule has 0 aliphatic carbocycles. The summed E-state index contributed by atoms with van der Waals surface area (Å²) in [5, 5.41) is 9.02. The summed E-state index contributed by atoms with van der Waals surface area (Å²) < 4.78 is 21.2. The first kappa shape index (κ1) is 35.6. The van der Waals surface area contributed by atoms with Gasteiger partial charge in [0.05, 0.1) is 36.5 Å². The Kier molecular flexibility index (Phi) is 8.91. The van der Waals surface area contributed by atoms with Gasteiger partial charge in [-0.25, -0.2) is 19.3 Å². The van der Waals surface area contributed by atoms with Crippen LogP contribution in [0.5, 0.6) is 5.88 Å². The number of fused-ring (bicyclic) bond motifs is 4. The quantitative estimate of drug-likeness (QED) is 0.225. The lowest BCUT2D eigenvalue weighted by Crippen LogP contribution is -2.63. The van der Waals surface area contributed by atoms with E-state index >= 15 is 4.39 Å². The van der Waals surface area contributed by atoms with Crippen LogP contribution in [0.2, 0.25) is 0 Å². The molecule has 3 N–H and O–H groups in total. The third kappa shape index (κ3) is 6.66. The van der Waals surface area contributed by atoms with Gasteiger partial charge in [0.2, 0.25) is 29.5 Å². The Morgan fingerprint density at radius 3 is 2.63 bits per heavy atom. The first-order chi connectivity index (χ1) is 27.7. The van der Waals surface area contributed by atoms with Gasteiger partial charge in [0.25, 0.3) is 0 Å². The molecule has 6 aliphatic heterocycles. The minimum atomic E-state index is -0.434. The van der Waals surface area contributed by atoms with Gasteiger partial charge in [-0.1, -0.05) is 18.2 Å². The lowest BCUT2D eigenvalue weighted by Gasteiger charge is -2.49. The van der Waals surface area contributed by atoms with Crippen LogP contribution in [-0.2, 0) is 33.8 Å². The monoisotopic (exact) mass is 772 g/mol. The van der Waals surface area contributed by atoms with E-state index in [9.17, 15) is 14.4 Å². The van der Waals surface area contributed by atoms with Crippen molar-refractivity contribution in [3.05, 3.63) is 88.6 Å². The lowest BCUT2D eigenvalue weighted by atomic mass is 9.90. The molecular formula is C42H45FN10O4. The number of piperazine rings is 1. The predicted octanol–water partition coefficient (Wildman–Crippen LogP) is 3.67. The summed E-state index contributed by atoms with van der Waals surface area (Å²) in [4.78, 5) is 60.3. The van der Waals surface area contributed by atoms with Crippen molar-refractivity contribution in [2.24, 2.45) is 0 Å². The molecule has 2 aromatic carbocycles. The number of piperidine rings is 1. The smallest absolute Gasteiger partial charge is 0.237 e. The third-order valence-electron chi connectivity index (χ3n) is 12.7. The molecule has 57 heavy (non-hydrogen) atoms. The zero-order valence-electron chi connectivity index (χ0n) is 31.8. The number of aromatic nitrogens is 3. The number of amides is 3. The van der Waals surface area contributed by atoms with Crippen LogP contribution < -0.4 is 30.5 Å². The number of likely N-dealkylation sites (tertiary alicyclic amines) is 2. The zero-order valence-corrected chi connectivity index (χ0v) is 31.8. The number of nitrogens with zero attached hydrogens (tertiary/aromatic N) is 7. The number of hydrogen-bond acceptors (Lipinski definition) is 12. The maximum absolute atomic E-state index is 15.5. The van der Waals surface area contributed by atoms with Gasteiger partial charge < -0.3 is 30.1 Å². The molecule has 10 rings (SSSR count). The van der Waals surface area contributed by atoms with Crippen LogP contribution in [0.3, 0.4) is 0 Å². The molecule has 4 aromatic rings. The van der Waals surface area contributed by atoms with Crippen molar-refractivity contribution < 1.29 is 23.5 Å². The van der Waals surface area contributed by atoms with Gasteiger partial charge in [0.1, 0.15) is 18.1 Å². The fraction of sp³-hybridized carbons (Fsp3) is 0.429. The lowest BCUT2D eigenvalue weighted by molar-refractivity contribution is -0.135. The number of imide groups is 1. The molecule has 2 bridgehead atoms. The Labute approximate surface area is 329 Å². The molecule has 0 spiro atoms. The second-order valence-corrected chi connectivity index (χ2v) is 16.1. The van der Waals surface area contributed by atoms with Crippen molar-refractivity contribution >= 4 is 46.4 Å². The van der Waals surface area contributed by atoms with E-state index in [1.807, 2.05) is 29.4 Å². The van der Waals surface area contributed by atoms with Crippen molar-refractivity contribution in [2.75, 3.05) is 66.3 Å². The topological polar surface area (TPSA) is 148 Å². The first-order valence-corrected chi connectivity index (χ1v) is 20.0. The van der Waals surface area contributed by atoms with E-state index in [0.29, 0.717) is 67.7 Å². The average molecular weight is 773 g/mol. The van der Waals surface area contributed by atoms with E-state index in [4.69, 9.17) is 9.72 Å². The Bertz CT molecular complexity index is 2270. The van der Waals surface area contributed by atoms with E-state index in [1.54, 1.807) is 12.1 Å². The first-order valence-electron chi connectivity index (χ1n) is 20.0. The molecular weight excluding hydrogens is 728 g/mol. The third-order valence-corrected chi connectivity index (χ3v) is 12.7. The Balaban J connectivity index is 0.716. The predicted molar refractivity (Wildman–Crippen MR) is 211 cm³/mol. The maximum Gasteiger partial charge on any atom is 0.237 e. The maximum atomic E-state index is 15.5. The molecule has 3 atom stereocenters. The van der Waals surface area contributed by atoms with Crippen molar-refractivity contribution in [3.63, 3.8) is 0 Å². The van der Waals surface area contributed by atoms with Gasteiger partial charge in [-0.05, 0) is 67.1 Å². The van der Waals surface area contributed by atoms with Crippen molar-refractivity contribution in [1.82, 2.24) is 30.1 Å². The Morgan fingerprint density at radius 2 is 1.84 bits per heavy atom. The van der Waals surface area contributed by atoms with Gasteiger partial charge in [0, 0.05) is 86.9 Å². The SMILES string of the molecule is Cc1c(N2CCc3cnc(Nc4ccc(CC(=O)N5C[C@H]6C[C@@H]5CN6C5CN(c6ccc(C7CCC(=O)NC7=O)cc6)C5)c(F)c4)nc3C2)cnc2c1NCCO2. The van der Waals surface area contributed by atoms with Crippen LogP contribution in [-0.4, -0.2) is 106 Å². The Hall–Kier alpha value is -5.83. The van der Waals surface area contributed by atoms with Crippen LogP contribution in [0, 0.1) is 12.7 Å². The largest absolute Gasteiger partial charge is 0.474 e. The van der Waals surface area contributed by atoms with Gasteiger partial charge in [-0.2, -0.15) is 0 Å². The number of anilines is 5. The number of ether oxygens (including phenoxy) is 1. The van der Waals surface area contributed by atoms with E-state index in [2.05, 4.69) is 59.7 Å². The summed E-state index contributed by atoms with van der Waals surface area (Å²) in [7, 11) is 0. The second-order valence-electron chi connectivity index (χ2n) is 16.1. The normalized spacial score (nSPS) is 23.0. The van der Waals surface area contributed by atoms with E-state index in [-0.39, 0.29) is 36.1 Å². The number of nitrogens with one attached hydrogen (secondary N) is 3. The summed E-state index contributed by atoms with van der Waals surface area (Å²) in [6, 6.07) is 13.9. The summed E-state index contributed by atoms with van der Waals surface area (Å²) in [5.74, 6) is -0.142. The highest BCUT2D eigenvalue weighted by molar-refractivity contribution is 6.01. The number of benzene rings is 2. The van der Waals surface area contributed by atoms with E-state index in [0.717, 1.165) is 85.0 Å². The molecule has 0 radical (unpaired) electrons. The highest BCUT2D eigenvalue weighted by Gasteiger charge is 2.49. The van der Waals surface area contributed by atoms with Crippen LogP contribution in [0.15, 0.2) is 54.9 Å². The van der Waals surface area contributed by atoms with Gasteiger partial charge in [-0.15, -0.1) is 0 Å². The van der Waals surface area contributed by atoms with Crippen LogP contribution >= 0.6 is 0 Å². The van der Waals surface area contributed by atoms with Crippen LogP contribution in [0.4, 0.5) is 33.1 Å². The van der Waals surface area contributed by atoms with Crippen molar-refractivity contribution in [2.45, 2.75) is 69.6 Å². The number of hydrogen-bond donors (Lipinski definition) is 3. The molecule has 3 amide bonds. The van der Waals surface area contributed by atoms with Crippen molar-refractivity contribution in [3.8, 4) is 5.88 Å². The van der Waals surface area contributed by atoms with Gasteiger partial charge >= 0.3 is 0 Å². The van der Waals surface area contributed by atoms with Crippen molar-refractivity contribution in [1.29, 1.82) is 0 Å². The highest BCUT2D eigenvalue weighted by atomic mass is 19.1. The number of pyridine rings is 1. The molecule has 4 saturated heterocycles. The minimum absolute atomic E-state index is 0.0190. The zero-order chi connectivity index (χ0) is 38.8. The summed E-state index contributed by atoms with van der Waals surface area (Å²) >= 11 is 0. The molecule has 0 saturated carbocycles. The van der Waals surface area contributed by atoms with Gasteiger partial charge in [-0.3, -0.25) is 24.6 Å². The Morgan fingerprint density at radius 1 is 0.982 bits per heavy atom. The summed E-state index contributed by atoms with van der Waals surface area (Å²) in [6.45, 7) is 8.18. The van der Waals surface area contributed by atoms with E-state index in [1.165, 1.54) is 6.07 Å². The highest BCUT2D eigenvalue weighted by Crippen LogP contribution is 2.38. The minimum Gasteiger partial charge on any atom is -0.474 e.